The van der Waals surface area contributed by atoms with Crippen molar-refractivity contribution in [2.75, 3.05) is 23.3 Å². The summed E-state index contributed by atoms with van der Waals surface area (Å²) in [5, 5.41) is 12.9. The minimum Gasteiger partial charge on any atom is -0.368 e. The van der Waals surface area contributed by atoms with Crippen LogP contribution in [0.1, 0.15) is 25.1 Å². The van der Waals surface area contributed by atoms with Gasteiger partial charge in [0.2, 0.25) is 0 Å². The first-order valence-corrected chi connectivity index (χ1v) is 10.6. The minimum absolute atomic E-state index is 0.0264. The van der Waals surface area contributed by atoms with E-state index >= 15 is 0 Å². The molecular formula is C22H23F4N7. The van der Waals surface area contributed by atoms with E-state index in [4.69, 9.17) is 0 Å². The van der Waals surface area contributed by atoms with E-state index in [-0.39, 0.29) is 40.1 Å². The molecule has 3 N–H and O–H groups in total. The Labute approximate surface area is 186 Å². The van der Waals surface area contributed by atoms with Crippen molar-refractivity contribution in [1.82, 2.24) is 24.9 Å². The van der Waals surface area contributed by atoms with Crippen LogP contribution < -0.4 is 15.5 Å². The summed E-state index contributed by atoms with van der Waals surface area (Å²) in [6, 6.07) is 4.32. The summed E-state index contributed by atoms with van der Waals surface area (Å²) < 4.78 is 58.3. The zero-order valence-corrected chi connectivity index (χ0v) is 18.3. The fraction of sp³-hybridized carbons (Fsp3) is 0.364. The Morgan fingerprint density at radius 3 is 2.52 bits per heavy atom. The van der Waals surface area contributed by atoms with Gasteiger partial charge in [-0.25, -0.2) is 9.37 Å². The third kappa shape index (κ3) is 3.97. The van der Waals surface area contributed by atoms with Crippen molar-refractivity contribution in [3.05, 3.63) is 47.7 Å². The number of imidazole rings is 1. The lowest BCUT2D eigenvalue weighted by molar-refractivity contribution is -0.136. The van der Waals surface area contributed by atoms with Crippen molar-refractivity contribution in [2.24, 2.45) is 0 Å². The van der Waals surface area contributed by atoms with E-state index in [0.29, 0.717) is 24.5 Å². The molecule has 2 atom stereocenters. The molecule has 0 radical (unpaired) electrons. The van der Waals surface area contributed by atoms with Gasteiger partial charge < -0.3 is 19.9 Å². The lowest BCUT2D eigenvalue weighted by atomic mass is 10.0. The van der Waals surface area contributed by atoms with Gasteiger partial charge in [-0.05, 0) is 32.9 Å². The Morgan fingerprint density at radius 1 is 1.09 bits per heavy atom. The number of aryl methyl sites for hydroxylation is 1. The summed E-state index contributed by atoms with van der Waals surface area (Å²) in [5.41, 5.74) is 0.954. The predicted octanol–water partition coefficient (Wildman–Crippen LogP) is 4.61. The summed E-state index contributed by atoms with van der Waals surface area (Å²) >= 11 is 0. The summed E-state index contributed by atoms with van der Waals surface area (Å²) in [6.07, 6.45) is -1.41. The summed E-state index contributed by atoms with van der Waals surface area (Å²) in [4.78, 5) is 6.04. The standard InChI is InChI=1S/C22H23F4N7/c1-11-7-32(8-12(2)27-11)15-5-16(22(24,25)26)19-18(6-15)30-31-20(19)29-14-4-17(23)21-28-13(3)9-33(21)10-14/h4-6,9-12,27H,7-8H2,1-3H3,(H2,29,30,31)/t11-,12-/m0/s1. The first kappa shape index (κ1) is 21.5. The molecule has 4 aromatic rings. The van der Waals surface area contributed by atoms with Gasteiger partial charge in [0.1, 0.15) is 0 Å². The maximum Gasteiger partial charge on any atom is 0.417 e. The average molecular weight is 461 g/mol. The molecule has 1 aliphatic heterocycles. The zero-order valence-electron chi connectivity index (χ0n) is 18.3. The van der Waals surface area contributed by atoms with Gasteiger partial charge in [-0.2, -0.15) is 18.3 Å². The number of halogens is 4. The quantitative estimate of drug-likeness (QED) is 0.389. The molecule has 1 aliphatic rings. The fourth-order valence-corrected chi connectivity index (χ4v) is 4.56. The molecule has 1 saturated heterocycles. The average Bonchev–Trinajstić information content (AvgIpc) is 3.29. The first-order valence-electron chi connectivity index (χ1n) is 10.6. The van der Waals surface area contributed by atoms with Crippen molar-refractivity contribution >= 4 is 33.7 Å². The number of alkyl halides is 3. The Morgan fingerprint density at radius 2 is 1.82 bits per heavy atom. The summed E-state index contributed by atoms with van der Waals surface area (Å²) in [7, 11) is 0. The van der Waals surface area contributed by atoms with Crippen molar-refractivity contribution in [3.8, 4) is 0 Å². The van der Waals surface area contributed by atoms with Gasteiger partial charge in [0.25, 0.3) is 0 Å². The second-order valence-electron chi connectivity index (χ2n) is 8.67. The van der Waals surface area contributed by atoms with E-state index in [0.717, 1.165) is 6.07 Å². The van der Waals surface area contributed by atoms with Crippen LogP contribution in [-0.4, -0.2) is 44.8 Å². The van der Waals surface area contributed by atoms with Crippen LogP contribution in [0.4, 0.5) is 34.8 Å². The van der Waals surface area contributed by atoms with Crippen molar-refractivity contribution in [1.29, 1.82) is 0 Å². The van der Waals surface area contributed by atoms with Crippen LogP contribution in [0.3, 0.4) is 0 Å². The molecule has 1 fully saturated rings. The highest BCUT2D eigenvalue weighted by atomic mass is 19.4. The van der Waals surface area contributed by atoms with Crippen molar-refractivity contribution in [3.63, 3.8) is 0 Å². The minimum atomic E-state index is -4.60. The van der Waals surface area contributed by atoms with Gasteiger partial charge in [-0.15, -0.1) is 0 Å². The van der Waals surface area contributed by atoms with E-state index < -0.39 is 17.6 Å². The second-order valence-corrected chi connectivity index (χ2v) is 8.67. The van der Waals surface area contributed by atoms with Crippen molar-refractivity contribution in [2.45, 2.75) is 39.0 Å². The molecule has 11 heteroatoms. The number of rotatable bonds is 3. The molecule has 1 aromatic carbocycles. The smallest absolute Gasteiger partial charge is 0.368 e. The van der Waals surface area contributed by atoms with E-state index in [2.05, 4.69) is 25.8 Å². The monoisotopic (exact) mass is 461 g/mol. The number of H-pyrrole nitrogens is 1. The molecule has 0 spiro atoms. The van der Waals surface area contributed by atoms with E-state index in [9.17, 15) is 17.6 Å². The fourth-order valence-electron chi connectivity index (χ4n) is 4.56. The molecule has 3 aromatic heterocycles. The number of hydrogen-bond donors (Lipinski definition) is 3. The number of aromatic amines is 1. The number of nitrogens with zero attached hydrogens (tertiary/aromatic N) is 4. The summed E-state index contributed by atoms with van der Waals surface area (Å²) in [5.74, 6) is -0.616. The number of nitrogens with one attached hydrogen (secondary N) is 3. The van der Waals surface area contributed by atoms with Crippen LogP contribution >= 0.6 is 0 Å². The van der Waals surface area contributed by atoms with E-state index in [1.165, 1.54) is 10.5 Å². The highest BCUT2D eigenvalue weighted by Crippen LogP contribution is 2.41. The summed E-state index contributed by atoms with van der Waals surface area (Å²) in [6.45, 7) is 6.92. The maximum atomic E-state index is 14.5. The molecule has 0 aliphatic carbocycles. The molecule has 4 heterocycles. The van der Waals surface area contributed by atoms with Crippen LogP contribution in [0.5, 0.6) is 0 Å². The SMILES string of the molecule is Cc1cn2cc(Nc3n[nH]c4cc(N5C[C@H](C)N[C@@H](C)C5)cc(C(F)(F)F)c34)cc(F)c2n1. The van der Waals surface area contributed by atoms with Crippen LogP contribution in [0.25, 0.3) is 16.6 Å². The molecule has 0 amide bonds. The number of pyridine rings is 1. The second kappa shape index (κ2) is 7.62. The van der Waals surface area contributed by atoms with Crippen molar-refractivity contribution < 1.29 is 17.6 Å². The molecule has 5 rings (SSSR count). The number of hydrogen-bond acceptors (Lipinski definition) is 5. The third-order valence-corrected chi connectivity index (χ3v) is 5.77. The molecular weight excluding hydrogens is 438 g/mol. The number of anilines is 3. The van der Waals surface area contributed by atoms with Crippen LogP contribution in [0.15, 0.2) is 30.6 Å². The topological polar surface area (TPSA) is 73.3 Å². The number of fused-ring (bicyclic) bond motifs is 2. The highest BCUT2D eigenvalue weighted by Gasteiger charge is 2.36. The van der Waals surface area contributed by atoms with Gasteiger partial charge in [0, 0.05) is 49.3 Å². The third-order valence-electron chi connectivity index (χ3n) is 5.77. The highest BCUT2D eigenvalue weighted by molar-refractivity contribution is 5.96. The largest absolute Gasteiger partial charge is 0.417 e. The Hall–Kier alpha value is -3.34. The Bertz CT molecular complexity index is 1330. The van der Waals surface area contributed by atoms with Gasteiger partial charge in [-0.1, -0.05) is 0 Å². The normalized spacial score (nSPS) is 19.5. The maximum absolute atomic E-state index is 14.5. The Kier molecular flexibility index (Phi) is 4.96. The molecule has 174 valence electrons. The van der Waals surface area contributed by atoms with E-state index in [1.54, 1.807) is 25.4 Å². The lowest BCUT2D eigenvalue weighted by Gasteiger charge is -2.38. The molecule has 33 heavy (non-hydrogen) atoms. The number of benzene rings is 1. The zero-order chi connectivity index (χ0) is 23.5. The Balaban J connectivity index is 1.58. The molecule has 0 bridgehead atoms. The lowest BCUT2D eigenvalue weighted by Crippen LogP contribution is -2.54. The predicted molar refractivity (Wildman–Crippen MR) is 119 cm³/mol. The van der Waals surface area contributed by atoms with Gasteiger partial charge in [0.15, 0.2) is 17.3 Å². The number of aromatic nitrogens is 4. The molecule has 7 nitrogen and oxygen atoms in total. The van der Waals surface area contributed by atoms with Gasteiger partial charge in [0.05, 0.1) is 27.8 Å². The van der Waals surface area contributed by atoms with E-state index in [1.807, 2.05) is 18.7 Å². The van der Waals surface area contributed by atoms with Gasteiger partial charge in [-0.3, -0.25) is 5.10 Å². The molecule has 0 saturated carbocycles. The first-order chi connectivity index (χ1) is 15.6. The molecule has 0 unspecified atom stereocenters. The number of piperazine rings is 1. The van der Waals surface area contributed by atoms with Gasteiger partial charge >= 0.3 is 6.18 Å². The van der Waals surface area contributed by atoms with Crippen LogP contribution in [0.2, 0.25) is 0 Å². The van der Waals surface area contributed by atoms with Crippen LogP contribution in [-0.2, 0) is 6.18 Å². The van der Waals surface area contributed by atoms with Crippen LogP contribution in [0, 0.1) is 12.7 Å².